The summed E-state index contributed by atoms with van der Waals surface area (Å²) < 4.78 is 12.9. The first-order valence-electron chi connectivity index (χ1n) is 6.43. The number of hydrogen-bond donors (Lipinski definition) is 1. The minimum Gasteiger partial charge on any atom is -0.313 e. The molecule has 0 bridgehead atoms. The fraction of sp³-hybridized carbons (Fsp3) is 0.357. The van der Waals surface area contributed by atoms with Gasteiger partial charge in [0.1, 0.15) is 11.5 Å². The van der Waals surface area contributed by atoms with E-state index in [1.165, 1.54) is 17.8 Å². The molecule has 2 aromatic rings. The topological polar surface area (TPSA) is 50.7 Å². The molecule has 1 aliphatic carbocycles. The van der Waals surface area contributed by atoms with Gasteiger partial charge in [0.15, 0.2) is 5.82 Å². The van der Waals surface area contributed by atoms with E-state index in [1.807, 2.05) is 13.2 Å². The highest BCUT2D eigenvalue weighted by atomic mass is 19.1. The van der Waals surface area contributed by atoms with Crippen molar-refractivity contribution in [1.29, 1.82) is 0 Å². The van der Waals surface area contributed by atoms with Crippen LogP contribution in [-0.4, -0.2) is 22.0 Å². The largest absolute Gasteiger partial charge is 0.313 e. The van der Waals surface area contributed by atoms with Gasteiger partial charge in [-0.2, -0.15) is 0 Å². The quantitative estimate of drug-likeness (QED) is 0.897. The number of halogens is 1. The summed E-state index contributed by atoms with van der Waals surface area (Å²) in [5.74, 6) is 0.215. The molecular weight excluding hydrogens is 243 g/mol. The molecule has 0 radical (unpaired) electrons. The van der Waals surface area contributed by atoms with Gasteiger partial charge in [-0.05, 0) is 38.4 Å². The molecule has 0 saturated heterocycles. The highest BCUT2D eigenvalue weighted by molar-refractivity contribution is 5.49. The molecule has 4 nitrogen and oxygen atoms in total. The van der Waals surface area contributed by atoms with Crippen molar-refractivity contribution in [3.8, 4) is 11.5 Å². The molecule has 3 rings (SSSR count). The monoisotopic (exact) mass is 258 g/mol. The molecule has 0 spiro atoms. The summed E-state index contributed by atoms with van der Waals surface area (Å²) in [5.41, 5.74) is 2.84. The zero-order valence-corrected chi connectivity index (χ0v) is 10.7. The van der Waals surface area contributed by atoms with Crippen molar-refractivity contribution in [2.75, 3.05) is 7.05 Å². The third kappa shape index (κ3) is 2.33. The lowest BCUT2D eigenvalue weighted by Crippen LogP contribution is -2.22. The van der Waals surface area contributed by atoms with Crippen molar-refractivity contribution in [2.45, 2.75) is 25.3 Å². The van der Waals surface area contributed by atoms with Gasteiger partial charge >= 0.3 is 0 Å². The van der Waals surface area contributed by atoms with Crippen LogP contribution < -0.4 is 5.32 Å². The number of hydrogen-bond acceptors (Lipinski definition) is 4. The van der Waals surface area contributed by atoms with E-state index in [4.69, 9.17) is 0 Å². The Bertz CT molecular complexity index is 582. The van der Waals surface area contributed by atoms with Crippen LogP contribution in [0.4, 0.5) is 4.39 Å². The van der Waals surface area contributed by atoms with Gasteiger partial charge in [-0.3, -0.25) is 0 Å². The highest BCUT2D eigenvalue weighted by Gasteiger charge is 2.21. The predicted octanol–water partition coefficient (Wildman–Crippen LogP) is 2.27. The first-order chi connectivity index (χ1) is 9.28. The highest BCUT2D eigenvalue weighted by Crippen LogP contribution is 2.28. The lowest BCUT2D eigenvalue weighted by Gasteiger charge is -2.23. The van der Waals surface area contributed by atoms with Gasteiger partial charge in [0, 0.05) is 23.5 Å². The lowest BCUT2D eigenvalue weighted by atomic mass is 9.92. The van der Waals surface area contributed by atoms with Crippen molar-refractivity contribution >= 4 is 0 Å². The van der Waals surface area contributed by atoms with Crippen LogP contribution in [0.15, 0.2) is 24.5 Å². The predicted molar refractivity (Wildman–Crippen MR) is 70.0 cm³/mol. The molecule has 1 unspecified atom stereocenters. The van der Waals surface area contributed by atoms with Gasteiger partial charge in [0.25, 0.3) is 0 Å². The van der Waals surface area contributed by atoms with Crippen LogP contribution in [0.5, 0.6) is 0 Å². The average molecular weight is 258 g/mol. The van der Waals surface area contributed by atoms with Crippen molar-refractivity contribution in [2.24, 2.45) is 0 Å². The number of rotatable bonds is 2. The van der Waals surface area contributed by atoms with E-state index in [-0.39, 0.29) is 5.82 Å². The van der Waals surface area contributed by atoms with E-state index >= 15 is 0 Å². The maximum absolute atomic E-state index is 12.9. The molecule has 2 aromatic heterocycles. The van der Waals surface area contributed by atoms with Crippen LogP contribution >= 0.6 is 0 Å². The van der Waals surface area contributed by atoms with Crippen molar-refractivity contribution in [1.82, 2.24) is 20.3 Å². The second kappa shape index (κ2) is 5.01. The Hall–Kier alpha value is -1.88. The van der Waals surface area contributed by atoms with Crippen LogP contribution in [-0.2, 0) is 6.42 Å². The van der Waals surface area contributed by atoms with Crippen LogP contribution in [0.2, 0.25) is 0 Å². The Kier molecular flexibility index (Phi) is 3.21. The summed E-state index contributed by atoms with van der Waals surface area (Å²) in [7, 11) is 1.95. The Labute approximate surface area is 111 Å². The van der Waals surface area contributed by atoms with E-state index < -0.39 is 0 Å². The minimum absolute atomic E-state index is 0.332. The third-order valence-corrected chi connectivity index (χ3v) is 3.49. The van der Waals surface area contributed by atoms with Crippen molar-refractivity contribution in [3.63, 3.8) is 0 Å². The van der Waals surface area contributed by atoms with Crippen LogP contribution in [0, 0.1) is 5.82 Å². The van der Waals surface area contributed by atoms with E-state index in [0.717, 1.165) is 25.0 Å². The fourth-order valence-electron chi connectivity index (χ4n) is 2.48. The molecule has 1 aliphatic rings. The Balaban J connectivity index is 1.99. The minimum atomic E-state index is -0.350. The molecule has 19 heavy (non-hydrogen) atoms. The summed E-state index contributed by atoms with van der Waals surface area (Å²) in [5, 5.41) is 3.28. The second-order valence-electron chi connectivity index (χ2n) is 4.69. The SMILES string of the molecule is CNC1CCCc2nc(-c3ccc(F)cn3)ncc21. The van der Waals surface area contributed by atoms with Crippen LogP contribution in [0.1, 0.15) is 30.1 Å². The van der Waals surface area contributed by atoms with E-state index in [2.05, 4.69) is 20.3 Å². The summed E-state index contributed by atoms with van der Waals surface area (Å²) in [6.45, 7) is 0. The maximum atomic E-state index is 12.9. The summed E-state index contributed by atoms with van der Waals surface area (Å²) in [6.07, 6.45) is 6.24. The molecule has 5 heteroatoms. The summed E-state index contributed by atoms with van der Waals surface area (Å²) in [6, 6.07) is 3.32. The summed E-state index contributed by atoms with van der Waals surface area (Å²) >= 11 is 0. The molecule has 2 heterocycles. The number of aromatic nitrogens is 3. The summed E-state index contributed by atoms with van der Waals surface area (Å²) in [4.78, 5) is 13.0. The normalized spacial score (nSPS) is 18.1. The molecule has 1 atom stereocenters. The number of fused-ring (bicyclic) bond motifs is 1. The zero-order valence-electron chi connectivity index (χ0n) is 10.7. The average Bonchev–Trinajstić information content (AvgIpc) is 2.47. The molecule has 0 aliphatic heterocycles. The first-order valence-corrected chi connectivity index (χ1v) is 6.43. The Morgan fingerprint density at radius 2 is 2.16 bits per heavy atom. The molecule has 0 amide bonds. The Morgan fingerprint density at radius 3 is 2.89 bits per heavy atom. The number of nitrogens with one attached hydrogen (secondary N) is 1. The Morgan fingerprint density at radius 1 is 1.26 bits per heavy atom. The molecule has 0 fully saturated rings. The van der Waals surface area contributed by atoms with Gasteiger partial charge in [-0.1, -0.05) is 0 Å². The van der Waals surface area contributed by atoms with E-state index in [9.17, 15) is 4.39 Å². The van der Waals surface area contributed by atoms with Gasteiger partial charge in [-0.15, -0.1) is 0 Å². The molecule has 1 N–H and O–H groups in total. The number of aryl methyl sites for hydroxylation is 1. The van der Waals surface area contributed by atoms with Crippen LogP contribution in [0.25, 0.3) is 11.5 Å². The van der Waals surface area contributed by atoms with E-state index in [1.54, 1.807) is 6.07 Å². The van der Waals surface area contributed by atoms with Crippen LogP contribution in [0.3, 0.4) is 0 Å². The first kappa shape index (κ1) is 12.2. The third-order valence-electron chi connectivity index (χ3n) is 3.49. The van der Waals surface area contributed by atoms with Gasteiger partial charge in [-0.25, -0.2) is 19.3 Å². The van der Waals surface area contributed by atoms with Crippen molar-refractivity contribution < 1.29 is 4.39 Å². The molecule has 98 valence electrons. The smallest absolute Gasteiger partial charge is 0.178 e. The molecule has 0 aromatic carbocycles. The molecule has 0 saturated carbocycles. The standard InChI is InChI=1S/C14H15FN4/c1-16-11-3-2-4-12-10(11)8-18-14(19-12)13-6-5-9(15)7-17-13/h5-8,11,16H,2-4H2,1H3. The van der Waals surface area contributed by atoms with E-state index in [0.29, 0.717) is 17.6 Å². The van der Waals surface area contributed by atoms with Gasteiger partial charge in [0.2, 0.25) is 0 Å². The van der Waals surface area contributed by atoms with Gasteiger partial charge in [0.05, 0.1) is 6.20 Å². The van der Waals surface area contributed by atoms with Gasteiger partial charge < -0.3 is 5.32 Å². The van der Waals surface area contributed by atoms with Crippen molar-refractivity contribution in [3.05, 3.63) is 41.6 Å². The molecular formula is C14H15FN4. The zero-order chi connectivity index (χ0) is 13.2. The maximum Gasteiger partial charge on any atom is 0.178 e. The number of nitrogens with zero attached hydrogens (tertiary/aromatic N) is 3. The number of pyridine rings is 1. The fourth-order valence-corrected chi connectivity index (χ4v) is 2.48. The lowest BCUT2D eigenvalue weighted by molar-refractivity contribution is 0.487. The second-order valence-corrected chi connectivity index (χ2v) is 4.69.